The number of halogens is 3. The summed E-state index contributed by atoms with van der Waals surface area (Å²) >= 11 is 0. The van der Waals surface area contributed by atoms with E-state index in [-0.39, 0.29) is 0 Å². The molecule has 0 aromatic heterocycles. The number of nitriles is 1. The number of allylic oxidation sites excluding steroid dienone is 4. The molecule has 2 fully saturated rings. The van der Waals surface area contributed by atoms with Crippen LogP contribution >= 0.6 is 0 Å². The summed E-state index contributed by atoms with van der Waals surface area (Å²) in [5, 5.41) is 8.45. The molecule has 0 spiro atoms. The average molecular weight is 446 g/mol. The molecule has 0 atom stereocenters. The Morgan fingerprint density at radius 1 is 0.906 bits per heavy atom. The summed E-state index contributed by atoms with van der Waals surface area (Å²) < 4.78 is 44.5. The van der Waals surface area contributed by atoms with Crippen molar-refractivity contribution in [3.63, 3.8) is 0 Å². The van der Waals surface area contributed by atoms with E-state index in [1.807, 2.05) is 12.1 Å². The molecule has 5 heteroatoms. The van der Waals surface area contributed by atoms with E-state index in [0.717, 1.165) is 63.0 Å². The van der Waals surface area contributed by atoms with Crippen molar-refractivity contribution in [1.82, 2.24) is 0 Å². The average Bonchev–Trinajstić information content (AvgIpc) is 2.81. The van der Waals surface area contributed by atoms with E-state index in [9.17, 15) is 13.2 Å². The molecule has 0 amide bonds. The molecular weight excluding hydrogens is 411 g/mol. The summed E-state index contributed by atoms with van der Waals surface area (Å²) in [7, 11) is 0. The van der Waals surface area contributed by atoms with Gasteiger partial charge in [0.2, 0.25) is 0 Å². The first-order valence-electron chi connectivity index (χ1n) is 12.0. The highest BCUT2D eigenvalue weighted by molar-refractivity contribution is 5.27. The predicted octanol–water partition coefficient (Wildman–Crippen LogP) is 7.97. The molecule has 3 rings (SSSR count). The molecule has 0 bridgehead atoms. The van der Waals surface area contributed by atoms with Gasteiger partial charge in [-0.1, -0.05) is 30.4 Å². The summed E-state index contributed by atoms with van der Waals surface area (Å²) in [6.45, 7) is 0.822. The van der Waals surface area contributed by atoms with E-state index in [1.165, 1.54) is 37.5 Å². The van der Waals surface area contributed by atoms with Crippen LogP contribution in [0, 0.1) is 23.2 Å². The van der Waals surface area contributed by atoms with Gasteiger partial charge in [-0.3, -0.25) is 0 Å². The topological polar surface area (TPSA) is 33.0 Å². The van der Waals surface area contributed by atoms with Gasteiger partial charge in [0, 0.05) is 12.7 Å². The highest BCUT2D eigenvalue weighted by atomic mass is 19.4. The number of nitrogens with zero attached hydrogens (tertiary/aromatic N) is 1. The molecule has 0 heterocycles. The maximum atomic E-state index is 12.8. The van der Waals surface area contributed by atoms with Crippen LogP contribution in [-0.4, -0.2) is 12.7 Å². The molecule has 1 aromatic carbocycles. The molecule has 0 saturated heterocycles. The fraction of sp³-hybridized carbons (Fsp3) is 0.593. The van der Waals surface area contributed by atoms with E-state index in [2.05, 4.69) is 6.08 Å². The predicted molar refractivity (Wildman–Crippen MR) is 121 cm³/mol. The van der Waals surface area contributed by atoms with Crippen molar-refractivity contribution in [3.05, 3.63) is 59.7 Å². The van der Waals surface area contributed by atoms with Gasteiger partial charge in [0.25, 0.3) is 0 Å². The molecule has 0 N–H and O–H groups in total. The number of ether oxygens (including phenoxy) is 1. The summed E-state index contributed by atoms with van der Waals surface area (Å²) in [5.41, 5.74) is 0.467. The molecular formula is C27H34F3NO. The zero-order valence-corrected chi connectivity index (χ0v) is 18.7. The molecule has 32 heavy (non-hydrogen) atoms. The lowest BCUT2D eigenvalue weighted by atomic mass is 9.79. The molecule has 2 aliphatic carbocycles. The Bertz CT molecular complexity index is 775. The standard InChI is InChI=1S/C27H34F3NO/c28-27(29,30)25-15-13-24(14-16-25)23-11-7-22(8-12-23)20-32-26-17-9-21(10-18-26)6-4-2-1-3-5-19-31/h1-3,5,13-16,21-23,26H,4,6-12,17-18,20H2/b2-1+,5-3+/t21-,22-,23-,26-. The van der Waals surface area contributed by atoms with Gasteiger partial charge >= 0.3 is 6.18 Å². The Balaban J connectivity index is 1.30. The van der Waals surface area contributed by atoms with Crippen molar-refractivity contribution < 1.29 is 17.9 Å². The molecule has 2 aliphatic rings. The summed E-state index contributed by atoms with van der Waals surface area (Å²) in [4.78, 5) is 0. The van der Waals surface area contributed by atoms with Gasteiger partial charge < -0.3 is 4.74 Å². The molecule has 0 unspecified atom stereocenters. The zero-order valence-electron chi connectivity index (χ0n) is 18.7. The van der Waals surface area contributed by atoms with Crippen LogP contribution in [0.3, 0.4) is 0 Å². The van der Waals surface area contributed by atoms with Gasteiger partial charge in [0.1, 0.15) is 0 Å². The minimum absolute atomic E-state index is 0.369. The van der Waals surface area contributed by atoms with E-state index < -0.39 is 11.7 Å². The third-order valence-electron chi connectivity index (χ3n) is 7.08. The van der Waals surface area contributed by atoms with Crippen molar-refractivity contribution >= 4 is 0 Å². The van der Waals surface area contributed by atoms with Crippen LogP contribution in [-0.2, 0) is 10.9 Å². The fourth-order valence-corrected chi connectivity index (χ4v) is 5.07. The third-order valence-corrected chi connectivity index (χ3v) is 7.08. The third kappa shape index (κ3) is 7.81. The van der Waals surface area contributed by atoms with Crippen LogP contribution in [0.4, 0.5) is 13.2 Å². The number of hydrogen-bond acceptors (Lipinski definition) is 2. The van der Waals surface area contributed by atoms with Gasteiger partial charge in [-0.2, -0.15) is 18.4 Å². The first-order chi connectivity index (χ1) is 15.5. The highest BCUT2D eigenvalue weighted by Crippen LogP contribution is 2.38. The Labute approximate surface area is 190 Å². The van der Waals surface area contributed by atoms with Crippen molar-refractivity contribution in [3.8, 4) is 6.07 Å². The van der Waals surface area contributed by atoms with E-state index >= 15 is 0 Å². The lowest BCUT2D eigenvalue weighted by Crippen LogP contribution is -2.25. The second kappa shape index (κ2) is 12.3. The molecule has 0 aliphatic heterocycles. The lowest BCUT2D eigenvalue weighted by molar-refractivity contribution is -0.137. The number of alkyl halides is 3. The first kappa shape index (κ1) is 24.6. The zero-order chi connectivity index (χ0) is 22.8. The Morgan fingerprint density at radius 2 is 1.56 bits per heavy atom. The lowest BCUT2D eigenvalue weighted by Gasteiger charge is -2.32. The minimum Gasteiger partial charge on any atom is -0.378 e. The van der Waals surface area contributed by atoms with Crippen LogP contribution in [0.15, 0.2) is 48.6 Å². The van der Waals surface area contributed by atoms with Gasteiger partial charge in [-0.05, 0) is 99.7 Å². The quantitative estimate of drug-likeness (QED) is 0.300. The Hall–Kier alpha value is -2.06. The van der Waals surface area contributed by atoms with Crippen LogP contribution in [0.1, 0.15) is 81.3 Å². The van der Waals surface area contributed by atoms with E-state index in [1.54, 1.807) is 18.2 Å². The summed E-state index contributed by atoms with van der Waals surface area (Å²) in [6, 6.07) is 7.72. The van der Waals surface area contributed by atoms with Crippen LogP contribution in [0.5, 0.6) is 0 Å². The Morgan fingerprint density at radius 3 is 2.19 bits per heavy atom. The van der Waals surface area contributed by atoms with Gasteiger partial charge in [0.15, 0.2) is 0 Å². The summed E-state index contributed by atoms with van der Waals surface area (Å²) in [5.74, 6) is 1.72. The van der Waals surface area contributed by atoms with Crippen molar-refractivity contribution in [2.75, 3.05) is 6.61 Å². The maximum absolute atomic E-state index is 12.8. The van der Waals surface area contributed by atoms with Crippen LogP contribution in [0.25, 0.3) is 0 Å². The fourth-order valence-electron chi connectivity index (χ4n) is 5.07. The molecule has 2 saturated carbocycles. The number of rotatable bonds is 8. The monoisotopic (exact) mass is 445 g/mol. The van der Waals surface area contributed by atoms with Crippen molar-refractivity contribution in [1.29, 1.82) is 5.26 Å². The smallest absolute Gasteiger partial charge is 0.378 e. The van der Waals surface area contributed by atoms with Gasteiger partial charge in [0.05, 0.1) is 17.7 Å². The summed E-state index contributed by atoms with van der Waals surface area (Å²) in [6.07, 6.45) is 14.7. The highest BCUT2D eigenvalue weighted by Gasteiger charge is 2.31. The van der Waals surface area contributed by atoms with Crippen molar-refractivity contribution in [2.24, 2.45) is 11.8 Å². The van der Waals surface area contributed by atoms with Crippen LogP contribution in [0.2, 0.25) is 0 Å². The van der Waals surface area contributed by atoms with Gasteiger partial charge in [-0.15, -0.1) is 0 Å². The molecule has 1 aromatic rings. The second-order valence-corrected chi connectivity index (χ2v) is 9.31. The van der Waals surface area contributed by atoms with E-state index in [0.29, 0.717) is 17.9 Å². The number of hydrogen-bond donors (Lipinski definition) is 0. The molecule has 2 nitrogen and oxygen atoms in total. The van der Waals surface area contributed by atoms with E-state index in [4.69, 9.17) is 10.00 Å². The first-order valence-corrected chi connectivity index (χ1v) is 12.0. The second-order valence-electron chi connectivity index (χ2n) is 9.31. The van der Waals surface area contributed by atoms with Crippen molar-refractivity contribution in [2.45, 2.75) is 82.4 Å². The molecule has 174 valence electrons. The minimum atomic E-state index is -4.26. The largest absolute Gasteiger partial charge is 0.416 e. The molecule has 0 radical (unpaired) electrons. The SMILES string of the molecule is N#C/C=C/C=C/CC[C@H]1CC[C@H](OC[C@H]2CC[C@H](c3ccc(C(F)(F)F)cc3)CC2)CC1. The Kier molecular flexibility index (Phi) is 9.41. The van der Waals surface area contributed by atoms with Crippen LogP contribution < -0.4 is 0 Å². The maximum Gasteiger partial charge on any atom is 0.416 e. The number of benzene rings is 1. The van der Waals surface area contributed by atoms with Gasteiger partial charge in [-0.25, -0.2) is 0 Å². The normalized spacial score (nSPS) is 27.1.